The highest BCUT2D eigenvalue weighted by Gasteiger charge is 2.34. The third-order valence-electron chi connectivity index (χ3n) is 4.95. The summed E-state index contributed by atoms with van der Waals surface area (Å²) in [6.07, 6.45) is -0.912. The molecule has 1 atom stereocenters. The van der Waals surface area contributed by atoms with Crippen molar-refractivity contribution in [2.45, 2.75) is 30.2 Å². The average molecular weight is 549 g/mol. The molecule has 10 heteroatoms. The van der Waals surface area contributed by atoms with Gasteiger partial charge in [0.1, 0.15) is 6.17 Å². The molecule has 0 aliphatic rings. The van der Waals surface area contributed by atoms with Gasteiger partial charge in [0, 0.05) is 5.69 Å². The maximum absolute atomic E-state index is 12.5. The van der Waals surface area contributed by atoms with Crippen LogP contribution >= 0.6 is 47.0 Å². The Bertz CT molecular complexity index is 1220. The summed E-state index contributed by atoms with van der Waals surface area (Å²) in [5.41, 5.74) is 5.01. The Morgan fingerprint density at radius 2 is 1.51 bits per heavy atom. The van der Waals surface area contributed by atoms with E-state index in [1.165, 1.54) is 0 Å². The van der Waals surface area contributed by atoms with E-state index < -0.39 is 9.96 Å². The predicted octanol–water partition coefficient (Wildman–Crippen LogP) is 7.06. The molecule has 3 aromatic rings. The molecule has 3 aromatic carbocycles. The van der Waals surface area contributed by atoms with Gasteiger partial charge < -0.3 is 16.0 Å². The zero-order valence-corrected chi connectivity index (χ0v) is 22.1. The van der Waals surface area contributed by atoms with E-state index in [2.05, 4.69) is 26.2 Å². The number of nitrogens with zero attached hydrogens (tertiary/aromatic N) is 2. The fourth-order valence-corrected chi connectivity index (χ4v) is 3.68. The number of amides is 1. The summed E-state index contributed by atoms with van der Waals surface area (Å²) in [5, 5.41) is 17.4. The van der Waals surface area contributed by atoms with Gasteiger partial charge in [0.05, 0.1) is 17.8 Å². The molecule has 35 heavy (non-hydrogen) atoms. The van der Waals surface area contributed by atoms with Crippen LogP contribution in [0, 0.1) is 13.8 Å². The number of carbonyl (C=O) groups excluding carboxylic acids is 1. The molecule has 182 valence electrons. The third-order valence-corrected chi connectivity index (χ3v) is 5.83. The van der Waals surface area contributed by atoms with Crippen LogP contribution in [0.2, 0.25) is 0 Å². The van der Waals surface area contributed by atoms with E-state index in [4.69, 9.17) is 47.0 Å². The van der Waals surface area contributed by atoms with E-state index in [0.29, 0.717) is 5.69 Å². The van der Waals surface area contributed by atoms with Gasteiger partial charge in [0.15, 0.2) is 5.11 Å². The standard InChI is InChI=1S/C25H24Cl3N5OS/c1-16-8-6-7-11-20(16)32-33-21-13-12-19(14-17(21)2)29-24(35)31-23(25(26,27)28)30-22(34)15-18-9-4-3-5-10-18/h3-14,23H,15H2,1-2H3,(H,30,34)(H2,29,31,35). The Labute approximate surface area is 225 Å². The first-order chi connectivity index (χ1) is 16.6. The lowest BCUT2D eigenvalue weighted by atomic mass is 10.1. The molecule has 3 N–H and O–H groups in total. The van der Waals surface area contributed by atoms with Crippen LogP contribution < -0.4 is 16.0 Å². The molecule has 0 fully saturated rings. The third kappa shape index (κ3) is 8.47. The van der Waals surface area contributed by atoms with Gasteiger partial charge in [0.25, 0.3) is 0 Å². The number of nitrogens with one attached hydrogen (secondary N) is 3. The normalized spacial score (nSPS) is 12.3. The number of aryl methyl sites for hydroxylation is 2. The minimum Gasteiger partial charge on any atom is -0.339 e. The fourth-order valence-electron chi connectivity index (χ4n) is 3.12. The maximum atomic E-state index is 12.5. The molecule has 1 amide bonds. The molecule has 1 unspecified atom stereocenters. The van der Waals surface area contributed by atoms with E-state index >= 15 is 0 Å². The van der Waals surface area contributed by atoms with Crippen molar-refractivity contribution >= 4 is 75.1 Å². The van der Waals surface area contributed by atoms with E-state index in [1.54, 1.807) is 0 Å². The monoisotopic (exact) mass is 547 g/mol. The molecule has 0 aliphatic heterocycles. The lowest BCUT2D eigenvalue weighted by molar-refractivity contribution is -0.121. The van der Waals surface area contributed by atoms with Gasteiger partial charge in [-0.15, -0.1) is 0 Å². The number of hydrogen-bond acceptors (Lipinski definition) is 4. The second kappa shape index (κ2) is 12.3. The van der Waals surface area contributed by atoms with Crippen molar-refractivity contribution in [1.29, 1.82) is 0 Å². The van der Waals surface area contributed by atoms with E-state index in [-0.39, 0.29) is 17.4 Å². The highest BCUT2D eigenvalue weighted by Crippen LogP contribution is 2.30. The van der Waals surface area contributed by atoms with Crippen molar-refractivity contribution in [3.8, 4) is 0 Å². The molecule has 3 rings (SSSR count). The molecule has 0 aromatic heterocycles. The smallest absolute Gasteiger partial charge is 0.228 e. The molecule has 0 spiro atoms. The largest absolute Gasteiger partial charge is 0.339 e. The SMILES string of the molecule is Cc1ccccc1N=Nc1ccc(NC(=S)NC(NC(=O)Cc2ccccc2)C(Cl)(Cl)Cl)cc1C. The van der Waals surface area contributed by atoms with Crippen molar-refractivity contribution in [2.24, 2.45) is 10.2 Å². The minimum atomic E-state index is -1.84. The number of carbonyl (C=O) groups is 1. The first-order valence-corrected chi connectivity index (χ1v) is 12.2. The summed E-state index contributed by atoms with van der Waals surface area (Å²) >= 11 is 23.6. The summed E-state index contributed by atoms with van der Waals surface area (Å²) < 4.78 is -1.84. The molecule has 0 radical (unpaired) electrons. The van der Waals surface area contributed by atoms with E-state index in [9.17, 15) is 4.79 Å². The number of rotatable bonds is 7. The zero-order chi connectivity index (χ0) is 25.4. The summed E-state index contributed by atoms with van der Waals surface area (Å²) in [7, 11) is 0. The van der Waals surface area contributed by atoms with Crippen LogP contribution in [0.1, 0.15) is 16.7 Å². The first kappa shape index (κ1) is 26.9. The molecule has 0 saturated carbocycles. The van der Waals surface area contributed by atoms with Crippen LogP contribution in [0.15, 0.2) is 83.0 Å². The number of thiocarbonyl (C=S) groups is 1. The van der Waals surface area contributed by atoms with Gasteiger partial charge in [-0.25, -0.2) is 0 Å². The Balaban J connectivity index is 1.62. The second-order valence-corrected chi connectivity index (χ2v) is 10.6. The Morgan fingerprint density at radius 1 is 0.886 bits per heavy atom. The summed E-state index contributed by atoms with van der Waals surface area (Å²) in [5.74, 6) is -0.318. The number of anilines is 1. The second-order valence-electron chi connectivity index (χ2n) is 7.79. The van der Waals surface area contributed by atoms with Gasteiger partial charge in [0.2, 0.25) is 9.70 Å². The van der Waals surface area contributed by atoms with Crippen molar-refractivity contribution in [3.05, 3.63) is 89.5 Å². The van der Waals surface area contributed by atoms with E-state index in [0.717, 1.165) is 28.1 Å². The Kier molecular flexibility index (Phi) is 9.46. The van der Waals surface area contributed by atoms with Crippen molar-refractivity contribution < 1.29 is 4.79 Å². The molecule has 0 aliphatic carbocycles. The molecule has 0 saturated heterocycles. The summed E-state index contributed by atoms with van der Waals surface area (Å²) in [4.78, 5) is 12.5. The van der Waals surface area contributed by atoms with Crippen LogP contribution in [-0.4, -0.2) is 21.0 Å². The van der Waals surface area contributed by atoms with Gasteiger partial charge >= 0.3 is 0 Å². The van der Waals surface area contributed by atoms with Crippen molar-refractivity contribution in [1.82, 2.24) is 10.6 Å². The maximum Gasteiger partial charge on any atom is 0.228 e. The lowest BCUT2D eigenvalue weighted by Crippen LogP contribution is -2.56. The average Bonchev–Trinajstić information content (AvgIpc) is 2.79. The van der Waals surface area contributed by atoms with Crippen LogP contribution in [0.3, 0.4) is 0 Å². The van der Waals surface area contributed by atoms with Crippen LogP contribution in [-0.2, 0) is 11.2 Å². The van der Waals surface area contributed by atoms with Gasteiger partial charge in [-0.1, -0.05) is 83.3 Å². The molecule has 6 nitrogen and oxygen atoms in total. The van der Waals surface area contributed by atoms with Crippen LogP contribution in [0.5, 0.6) is 0 Å². The Morgan fingerprint density at radius 3 is 2.14 bits per heavy atom. The number of alkyl halides is 3. The number of hydrogen-bond donors (Lipinski definition) is 3. The molecule has 0 bridgehead atoms. The fraction of sp³-hybridized carbons (Fsp3) is 0.200. The molecule has 0 heterocycles. The van der Waals surface area contributed by atoms with Crippen LogP contribution in [0.25, 0.3) is 0 Å². The number of halogens is 3. The lowest BCUT2D eigenvalue weighted by Gasteiger charge is -2.28. The van der Waals surface area contributed by atoms with Crippen LogP contribution in [0.4, 0.5) is 17.1 Å². The van der Waals surface area contributed by atoms with Crippen molar-refractivity contribution in [2.75, 3.05) is 5.32 Å². The number of benzene rings is 3. The van der Waals surface area contributed by atoms with E-state index in [1.807, 2.05) is 86.6 Å². The number of azo groups is 1. The van der Waals surface area contributed by atoms with Gasteiger partial charge in [-0.2, -0.15) is 10.2 Å². The summed E-state index contributed by atoms with van der Waals surface area (Å²) in [6, 6.07) is 22.5. The van der Waals surface area contributed by atoms with Crippen molar-refractivity contribution in [3.63, 3.8) is 0 Å². The first-order valence-electron chi connectivity index (χ1n) is 10.7. The minimum absolute atomic E-state index is 0.137. The van der Waals surface area contributed by atoms with Gasteiger partial charge in [-0.05, 0) is 67.0 Å². The topological polar surface area (TPSA) is 77.9 Å². The highest BCUT2D eigenvalue weighted by atomic mass is 35.6. The quantitative estimate of drug-likeness (QED) is 0.128. The Hall–Kier alpha value is -2.71. The summed E-state index contributed by atoms with van der Waals surface area (Å²) in [6.45, 7) is 3.90. The molecular weight excluding hydrogens is 525 g/mol. The predicted molar refractivity (Wildman–Crippen MR) is 148 cm³/mol. The molecular formula is C25H24Cl3N5OS. The highest BCUT2D eigenvalue weighted by molar-refractivity contribution is 7.80. The zero-order valence-electron chi connectivity index (χ0n) is 19.1. The van der Waals surface area contributed by atoms with Gasteiger partial charge in [-0.3, -0.25) is 4.79 Å².